The van der Waals surface area contributed by atoms with Gasteiger partial charge in [-0.1, -0.05) is 5.16 Å². The highest BCUT2D eigenvalue weighted by atomic mass is 32.3. The largest absolute Gasteiger partial charge is 0.389 e. The summed E-state index contributed by atoms with van der Waals surface area (Å²) in [5.74, 6) is 0.506. The molecule has 10 nitrogen and oxygen atoms in total. The number of hydrogen-bond donors (Lipinski definition) is 4. The molecule has 1 amide bonds. The SMILES string of the molecule is CCn1ncc2c(NC3CCS(O)(O)CC3)c(C3=NOC4(CCC(C(N)=O)CC4)C3)cnc21. The number of nitrogens with one attached hydrogen (secondary N) is 1. The lowest BCUT2D eigenvalue weighted by Crippen LogP contribution is -2.38. The first-order chi connectivity index (χ1) is 15.8. The minimum absolute atomic E-state index is 0.0861. The van der Waals surface area contributed by atoms with Crippen molar-refractivity contribution in [1.82, 2.24) is 14.8 Å². The second-order valence-corrected chi connectivity index (χ2v) is 12.0. The molecule has 2 aliphatic heterocycles. The lowest BCUT2D eigenvalue weighted by molar-refractivity contribution is -0.125. The number of amides is 1. The van der Waals surface area contributed by atoms with Crippen LogP contribution in [0.15, 0.2) is 17.5 Å². The fraction of sp³-hybridized carbons (Fsp3) is 0.636. The van der Waals surface area contributed by atoms with Crippen LogP contribution in [0.1, 0.15) is 57.4 Å². The number of rotatable bonds is 5. The molecule has 1 aliphatic carbocycles. The van der Waals surface area contributed by atoms with Crippen molar-refractivity contribution >= 4 is 38.9 Å². The highest BCUT2D eigenvalue weighted by molar-refractivity contribution is 8.24. The molecule has 4 heterocycles. The molecule has 3 aliphatic rings. The number of aryl methyl sites for hydroxylation is 1. The average molecular weight is 477 g/mol. The average Bonchev–Trinajstić information content (AvgIpc) is 3.40. The van der Waals surface area contributed by atoms with Crippen LogP contribution in [0.25, 0.3) is 11.0 Å². The number of primary amides is 1. The smallest absolute Gasteiger partial charge is 0.220 e. The van der Waals surface area contributed by atoms with Gasteiger partial charge in [-0.05, 0) is 45.4 Å². The fourth-order valence-electron chi connectivity index (χ4n) is 5.25. The lowest BCUT2D eigenvalue weighted by Gasteiger charge is -2.39. The maximum absolute atomic E-state index is 11.6. The number of carbonyl (C=O) groups is 1. The van der Waals surface area contributed by atoms with Gasteiger partial charge in [-0.25, -0.2) is 9.67 Å². The van der Waals surface area contributed by atoms with Crippen LogP contribution >= 0.6 is 10.6 Å². The molecule has 1 saturated carbocycles. The summed E-state index contributed by atoms with van der Waals surface area (Å²) in [6.07, 6.45) is 8.65. The minimum Gasteiger partial charge on any atom is -0.389 e. The molecule has 1 spiro atoms. The second kappa shape index (κ2) is 8.44. The van der Waals surface area contributed by atoms with E-state index in [0.29, 0.717) is 37.3 Å². The molecule has 0 atom stereocenters. The molecule has 1 saturated heterocycles. The van der Waals surface area contributed by atoms with Crippen LogP contribution < -0.4 is 11.1 Å². The third kappa shape index (κ3) is 4.29. The number of aromatic nitrogens is 3. The van der Waals surface area contributed by atoms with Crippen molar-refractivity contribution < 1.29 is 18.7 Å². The van der Waals surface area contributed by atoms with Gasteiger partial charge in [-0.15, -0.1) is 0 Å². The van der Waals surface area contributed by atoms with E-state index >= 15 is 0 Å². The molecular formula is C22H32N6O4S. The summed E-state index contributed by atoms with van der Waals surface area (Å²) in [6, 6.07) is 0.127. The Bertz CT molecular complexity index is 1080. The quantitative estimate of drug-likeness (QED) is 0.517. The summed E-state index contributed by atoms with van der Waals surface area (Å²) in [5, 5.41) is 13.6. The summed E-state index contributed by atoms with van der Waals surface area (Å²) in [4.78, 5) is 22.2. The lowest BCUT2D eigenvalue weighted by atomic mass is 9.76. The molecule has 2 fully saturated rings. The first-order valence-electron chi connectivity index (χ1n) is 11.7. The van der Waals surface area contributed by atoms with Gasteiger partial charge < -0.3 is 15.9 Å². The second-order valence-electron chi connectivity index (χ2n) is 9.54. The number of pyridine rings is 1. The normalized spacial score (nSPS) is 23.9. The summed E-state index contributed by atoms with van der Waals surface area (Å²) >= 11 is 0. The van der Waals surface area contributed by atoms with E-state index in [9.17, 15) is 13.9 Å². The van der Waals surface area contributed by atoms with E-state index in [0.717, 1.165) is 53.7 Å². The molecular weight excluding hydrogens is 444 g/mol. The van der Waals surface area contributed by atoms with Crippen molar-refractivity contribution in [1.29, 1.82) is 0 Å². The van der Waals surface area contributed by atoms with Crippen LogP contribution in [-0.2, 0) is 16.2 Å². The van der Waals surface area contributed by atoms with Crippen LogP contribution in [-0.4, -0.2) is 58.6 Å². The maximum atomic E-state index is 11.6. The third-order valence-corrected chi connectivity index (χ3v) is 9.13. The van der Waals surface area contributed by atoms with Crippen molar-refractivity contribution in [2.45, 2.75) is 70.1 Å². The van der Waals surface area contributed by atoms with Gasteiger partial charge in [0.2, 0.25) is 5.91 Å². The predicted octanol–water partition coefficient (Wildman–Crippen LogP) is 3.31. The third-order valence-electron chi connectivity index (χ3n) is 7.35. The molecule has 0 aromatic carbocycles. The Morgan fingerprint density at radius 1 is 1.27 bits per heavy atom. The Morgan fingerprint density at radius 2 is 2.00 bits per heavy atom. The van der Waals surface area contributed by atoms with Gasteiger partial charge in [-0.2, -0.15) is 15.7 Å². The molecule has 5 N–H and O–H groups in total. The van der Waals surface area contributed by atoms with Crippen molar-refractivity contribution in [3.05, 3.63) is 18.0 Å². The summed E-state index contributed by atoms with van der Waals surface area (Å²) in [5.41, 5.74) is 8.58. The standard InChI is InChI=1S/C22H32N6O4S/c1-2-28-21-17(13-25-28)19(26-15-5-9-33(30,31)10-6-15)16(12-24-21)18-11-22(32-27-18)7-3-14(4-8-22)20(23)29/h12-15,30-31H,2-11H2,1H3,(H2,23,29)(H,24,26). The van der Waals surface area contributed by atoms with E-state index < -0.39 is 10.6 Å². The molecule has 2 aromatic heterocycles. The number of fused-ring (bicyclic) bond motifs is 1. The van der Waals surface area contributed by atoms with E-state index in [4.69, 9.17) is 10.6 Å². The number of oxime groups is 1. The Morgan fingerprint density at radius 3 is 2.67 bits per heavy atom. The van der Waals surface area contributed by atoms with E-state index in [1.807, 2.05) is 24.0 Å². The van der Waals surface area contributed by atoms with Crippen LogP contribution in [0.5, 0.6) is 0 Å². The Hall–Kier alpha value is -2.37. The number of hydrogen-bond acceptors (Lipinski definition) is 8. The number of anilines is 1. The van der Waals surface area contributed by atoms with Crippen molar-refractivity contribution in [2.75, 3.05) is 16.8 Å². The molecule has 11 heteroatoms. The highest BCUT2D eigenvalue weighted by Crippen LogP contribution is 2.46. The van der Waals surface area contributed by atoms with Crippen LogP contribution in [0.2, 0.25) is 0 Å². The van der Waals surface area contributed by atoms with Gasteiger partial charge in [-0.3, -0.25) is 13.9 Å². The maximum Gasteiger partial charge on any atom is 0.220 e. The predicted molar refractivity (Wildman–Crippen MR) is 129 cm³/mol. The van der Waals surface area contributed by atoms with Gasteiger partial charge in [0.1, 0.15) is 5.60 Å². The summed E-state index contributed by atoms with van der Waals surface area (Å²) in [6.45, 7) is 2.75. The highest BCUT2D eigenvalue weighted by Gasteiger charge is 2.44. The Balaban J connectivity index is 1.42. The molecule has 0 radical (unpaired) electrons. The topological polar surface area (TPSA) is 148 Å². The van der Waals surface area contributed by atoms with Crippen LogP contribution in [0.3, 0.4) is 0 Å². The zero-order valence-electron chi connectivity index (χ0n) is 18.9. The molecule has 33 heavy (non-hydrogen) atoms. The van der Waals surface area contributed by atoms with Gasteiger partial charge in [0.25, 0.3) is 0 Å². The van der Waals surface area contributed by atoms with Gasteiger partial charge in [0.15, 0.2) is 5.65 Å². The summed E-state index contributed by atoms with van der Waals surface area (Å²) < 4.78 is 21.9. The van der Waals surface area contributed by atoms with Gasteiger partial charge >= 0.3 is 0 Å². The number of nitrogens with zero attached hydrogens (tertiary/aromatic N) is 4. The van der Waals surface area contributed by atoms with Crippen molar-refractivity contribution in [2.24, 2.45) is 16.8 Å². The zero-order chi connectivity index (χ0) is 23.2. The fourth-order valence-corrected chi connectivity index (χ4v) is 6.78. The molecule has 5 rings (SSSR count). The van der Waals surface area contributed by atoms with Crippen LogP contribution in [0, 0.1) is 5.92 Å². The summed E-state index contributed by atoms with van der Waals surface area (Å²) in [7, 11) is -2.45. The zero-order valence-corrected chi connectivity index (χ0v) is 19.7. The minimum atomic E-state index is -2.45. The molecule has 0 bridgehead atoms. The van der Waals surface area contributed by atoms with Crippen LogP contribution in [0.4, 0.5) is 5.69 Å². The first-order valence-corrected chi connectivity index (χ1v) is 13.6. The van der Waals surface area contributed by atoms with Gasteiger partial charge in [0, 0.05) is 48.2 Å². The first kappa shape index (κ1) is 22.4. The molecule has 2 aromatic rings. The van der Waals surface area contributed by atoms with E-state index in [-0.39, 0.29) is 23.5 Å². The van der Waals surface area contributed by atoms with Crippen molar-refractivity contribution in [3.63, 3.8) is 0 Å². The van der Waals surface area contributed by atoms with E-state index in [1.54, 1.807) is 0 Å². The van der Waals surface area contributed by atoms with Crippen molar-refractivity contribution in [3.8, 4) is 0 Å². The Labute approximate surface area is 194 Å². The van der Waals surface area contributed by atoms with Gasteiger partial charge in [0.05, 0.1) is 23.0 Å². The van der Waals surface area contributed by atoms with E-state index in [1.165, 1.54) is 0 Å². The molecule has 0 unspecified atom stereocenters. The number of nitrogens with two attached hydrogens (primary N) is 1. The Kier molecular flexibility index (Phi) is 5.74. The monoisotopic (exact) mass is 476 g/mol. The number of carbonyl (C=O) groups excluding carboxylic acids is 1. The van der Waals surface area contributed by atoms with E-state index in [2.05, 4.69) is 20.6 Å². The molecule has 180 valence electrons.